The molecule has 0 aliphatic carbocycles. The molecule has 1 heterocycles. The van der Waals surface area contributed by atoms with Gasteiger partial charge in [-0.25, -0.2) is 0 Å². The summed E-state index contributed by atoms with van der Waals surface area (Å²) >= 11 is 3.06. The van der Waals surface area contributed by atoms with E-state index in [0.29, 0.717) is 5.75 Å². The molecule has 0 aliphatic heterocycles. The quantitative estimate of drug-likeness (QED) is 0.608. The van der Waals surface area contributed by atoms with Crippen LogP contribution >= 0.6 is 15.9 Å². The van der Waals surface area contributed by atoms with Crippen LogP contribution in [0.3, 0.4) is 0 Å². The van der Waals surface area contributed by atoms with E-state index in [0.717, 1.165) is 0 Å². The predicted molar refractivity (Wildman–Crippen MR) is 70.5 cm³/mol. The molecule has 0 aliphatic rings. The smallest absolute Gasteiger partial charge is 0.433 e. The summed E-state index contributed by atoms with van der Waals surface area (Å²) in [6.07, 6.45) is 0. The normalized spacial score (nSPS) is 10.2. The average molecular weight is 343 g/mol. The minimum absolute atomic E-state index is 0.0158. The van der Waals surface area contributed by atoms with Crippen molar-refractivity contribution in [3.05, 3.63) is 60.8 Å². The SMILES string of the molecule is O=[N+]([O-])c1ccc(COc2ccc([N+](=O)[O-])c(Br)c2)o1. The molecule has 0 bridgehead atoms. The highest BCUT2D eigenvalue weighted by Crippen LogP contribution is 2.29. The van der Waals surface area contributed by atoms with Gasteiger partial charge in [-0.1, -0.05) is 0 Å². The summed E-state index contributed by atoms with van der Waals surface area (Å²) in [6, 6.07) is 6.82. The topological polar surface area (TPSA) is 109 Å². The minimum atomic E-state index is -0.647. The second-order valence-electron chi connectivity index (χ2n) is 3.66. The van der Waals surface area contributed by atoms with Crippen molar-refractivity contribution < 1.29 is 19.0 Å². The van der Waals surface area contributed by atoms with Crippen molar-refractivity contribution in [2.75, 3.05) is 0 Å². The van der Waals surface area contributed by atoms with Crippen molar-refractivity contribution in [1.29, 1.82) is 0 Å². The molecule has 0 saturated carbocycles. The number of nitro groups is 2. The van der Waals surface area contributed by atoms with Gasteiger partial charge in [-0.15, -0.1) is 0 Å². The molecule has 2 aromatic rings. The number of benzene rings is 1. The van der Waals surface area contributed by atoms with Crippen molar-refractivity contribution in [3.8, 4) is 5.75 Å². The van der Waals surface area contributed by atoms with Crippen LogP contribution in [0.25, 0.3) is 0 Å². The molecule has 2 rings (SSSR count). The molecular weight excluding hydrogens is 336 g/mol. The molecule has 9 heteroatoms. The maximum absolute atomic E-state index is 10.6. The van der Waals surface area contributed by atoms with Gasteiger partial charge in [0, 0.05) is 12.1 Å². The molecule has 1 aromatic carbocycles. The van der Waals surface area contributed by atoms with Crippen LogP contribution in [0.1, 0.15) is 5.76 Å². The van der Waals surface area contributed by atoms with Crippen molar-refractivity contribution in [2.45, 2.75) is 6.61 Å². The third-order valence-corrected chi connectivity index (χ3v) is 2.96. The van der Waals surface area contributed by atoms with Crippen molar-refractivity contribution in [2.24, 2.45) is 0 Å². The third kappa shape index (κ3) is 3.12. The Morgan fingerprint density at radius 1 is 1.15 bits per heavy atom. The van der Waals surface area contributed by atoms with Crippen LogP contribution in [-0.4, -0.2) is 9.85 Å². The number of nitro benzene ring substituents is 1. The Kier molecular flexibility index (Phi) is 3.99. The zero-order valence-corrected chi connectivity index (χ0v) is 11.4. The van der Waals surface area contributed by atoms with E-state index in [4.69, 9.17) is 9.15 Å². The van der Waals surface area contributed by atoms with Gasteiger partial charge >= 0.3 is 5.88 Å². The van der Waals surface area contributed by atoms with Crippen LogP contribution in [0, 0.1) is 20.2 Å². The highest BCUT2D eigenvalue weighted by Gasteiger charge is 2.14. The number of furan rings is 1. The fraction of sp³-hybridized carbons (Fsp3) is 0.0909. The zero-order valence-electron chi connectivity index (χ0n) is 9.82. The molecule has 8 nitrogen and oxygen atoms in total. The molecule has 0 N–H and O–H groups in total. The van der Waals surface area contributed by atoms with Gasteiger partial charge in [-0.05, 0) is 28.1 Å². The molecule has 0 radical (unpaired) electrons. The summed E-state index contributed by atoms with van der Waals surface area (Å²) in [5, 5.41) is 21.1. The lowest BCUT2D eigenvalue weighted by atomic mass is 10.3. The standard InChI is InChI=1S/C11H7BrN2O6/c12-9-5-7(1-3-10(9)13(15)16)19-6-8-2-4-11(20-8)14(17)18/h1-5H,6H2. The van der Waals surface area contributed by atoms with Gasteiger partial charge < -0.3 is 9.15 Å². The van der Waals surface area contributed by atoms with Gasteiger partial charge in [-0.3, -0.25) is 20.2 Å². The van der Waals surface area contributed by atoms with E-state index in [-0.39, 0.29) is 28.4 Å². The van der Waals surface area contributed by atoms with Crippen LogP contribution in [0.2, 0.25) is 0 Å². The molecule has 0 unspecified atom stereocenters. The summed E-state index contributed by atoms with van der Waals surface area (Å²) in [7, 11) is 0. The van der Waals surface area contributed by atoms with Crippen LogP contribution in [-0.2, 0) is 6.61 Å². The summed E-state index contributed by atoms with van der Waals surface area (Å²) in [5.74, 6) is 0.293. The molecule has 0 spiro atoms. The van der Waals surface area contributed by atoms with Crippen molar-refractivity contribution >= 4 is 27.5 Å². The maximum atomic E-state index is 10.6. The van der Waals surface area contributed by atoms with E-state index in [1.807, 2.05) is 0 Å². The predicted octanol–water partition coefficient (Wildman–Crippen LogP) is 3.44. The Morgan fingerprint density at radius 3 is 2.45 bits per heavy atom. The molecule has 0 amide bonds. The molecule has 0 fully saturated rings. The molecular formula is C11H7BrN2O6. The second-order valence-corrected chi connectivity index (χ2v) is 4.51. The van der Waals surface area contributed by atoms with Gasteiger partial charge in [0.15, 0.2) is 0 Å². The lowest BCUT2D eigenvalue weighted by Gasteiger charge is -2.04. The summed E-state index contributed by atoms with van der Waals surface area (Å²) < 4.78 is 10.5. The van der Waals surface area contributed by atoms with Gasteiger partial charge in [0.25, 0.3) is 5.69 Å². The molecule has 1 aromatic heterocycles. The fourth-order valence-corrected chi connectivity index (χ4v) is 1.92. The van der Waals surface area contributed by atoms with Gasteiger partial charge in [0.1, 0.15) is 23.0 Å². The Morgan fingerprint density at radius 2 is 1.90 bits per heavy atom. The molecule has 20 heavy (non-hydrogen) atoms. The van der Waals surface area contributed by atoms with E-state index in [9.17, 15) is 20.2 Å². The van der Waals surface area contributed by atoms with E-state index in [2.05, 4.69) is 15.9 Å². The first-order chi connectivity index (χ1) is 9.47. The zero-order chi connectivity index (χ0) is 14.7. The Balaban J connectivity index is 2.05. The highest BCUT2D eigenvalue weighted by atomic mass is 79.9. The van der Waals surface area contributed by atoms with Crippen LogP contribution in [0.15, 0.2) is 39.2 Å². The van der Waals surface area contributed by atoms with E-state index in [1.165, 1.54) is 30.3 Å². The van der Waals surface area contributed by atoms with Crippen molar-refractivity contribution in [3.63, 3.8) is 0 Å². The van der Waals surface area contributed by atoms with Crippen LogP contribution in [0.4, 0.5) is 11.6 Å². The van der Waals surface area contributed by atoms with Crippen molar-refractivity contribution in [1.82, 2.24) is 0 Å². The number of nitrogens with zero attached hydrogens (tertiary/aromatic N) is 2. The van der Waals surface area contributed by atoms with E-state index in [1.54, 1.807) is 0 Å². The van der Waals surface area contributed by atoms with Crippen LogP contribution in [0.5, 0.6) is 5.75 Å². The monoisotopic (exact) mass is 342 g/mol. The first-order valence-electron chi connectivity index (χ1n) is 5.27. The number of ether oxygens (including phenoxy) is 1. The number of hydrogen-bond acceptors (Lipinski definition) is 6. The lowest BCUT2D eigenvalue weighted by Crippen LogP contribution is -1.95. The second kappa shape index (κ2) is 5.70. The number of halogens is 1. The van der Waals surface area contributed by atoms with E-state index >= 15 is 0 Å². The maximum Gasteiger partial charge on any atom is 0.433 e. The Labute approximate surface area is 120 Å². The first kappa shape index (κ1) is 14.0. The van der Waals surface area contributed by atoms with Gasteiger partial charge in [-0.2, -0.15) is 0 Å². The first-order valence-corrected chi connectivity index (χ1v) is 6.06. The van der Waals surface area contributed by atoms with Gasteiger partial charge in [0.05, 0.1) is 15.5 Å². The number of rotatable bonds is 5. The number of hydrogen-bond donors (Lipinski definition) is 0. The highest BCUT2D eigenvalue weighted by molar-refractivity contribution is 9.10. The fourth-order valence-electron chi connectivity index (χ4n) is 1.42. The minimum Gasteiger partial charge on any atom is -0.486 e. The Hall–Kier alpha value is -2.42. The average Bonchev–Trinajstić information content (AvgIpc) is 2.85. The molecule has 0 atom stereocenters. The van der Waals surface area contributed by atoms with Gasteiger partial charge in [0.2, 0.25) is 0 Å². The third-order valence-electron chi connectivity index (χ3n) is 2.32. The summed E-state index contributed by atoms with van der Waals surface area (Å²) in [4.78, 5) is 19.9. The van der Waals surface area contributed by atoms with E-state index < -0.39 is 9.85 Å². The lowest BCUT2D eigenvalue weighted by molar-refractivity contribution is -0.402. The summed E-state index contributed by atoms with van der Waals surface area (Å²) in [6.45, 7) is -0.0158. The summed E-state index contributed by atoms with van der Waals surface area (Å²) in [5.41, 5.74) is -0.0778. The van der Waals surface area contributed by atoms with Crippen LogP contribution < -0.4 is 4.74 Å². The Bertz CT molecular complexity index is 669. The molecule has 104 valence electrons. The molecule has 0 saturated heterocycles. The largest absolute Gasteiger partial charge is 0.486 e.